The van der Waals surface area contributed by atoms with Gasteiger partial charge in [-0.1, -0.05) is 24.3 Å². The van der Waals surface area contributed by atoms with Gasteiger partial charge in [0.15, 0.2) is 23.3 Å². The molecule has 2 aromatic rings. The molecule has 2 aromatic carbocycles. The molecule has 0 unspecified atom stereocenters. The van der Waals surface area contributed by atoms with Gasteiger partial charge in [-0.15, -0.1) is 0 Å². The van der Waals surface area contributed by atoms with Gasteiger partial charge in [-0.2, -0.15) is 0 Å². The molecule has 0 amide bonds. The summed E-state index contributed by atoms with van der Waals surface area (Å²) in [5.41, 5.74) is 1.85. The summed E-state index contributed by atoms with van der Waals surface area (Å²) in [5, 5.41) is 0. The molecule has 0 atom stereocenters. The fraction of sp³-hybridized carbons (Fsp3) is 0.391. The molecule has 0 saturated heterocycles. The van der Waals surface area contributed by atoms with E-state index < -0.39 is 29.1 Å². The monoisotopic (exact) mass is 394 g/mol. The van der Waals surface area contributed by atoms with Crippen molar-refractivity contribution in [3.63, 3.8) is 0 Å². The fourth-order valence-corrected chi connectivity index (χ4v) is 4.01. The molecule has 0 radical (unpaired) electrons. The summed E-state index contributed by atoms with van der Waals surface area (Å²) in [6.07, 6.45) is 5.29. The van der Waals surface area contributed by atoms with Gasteiger partial charge in [0.2, 0.25) is 0 Å². The first-order valence-corrected chi connectivity index (χ1v) is 9.60. The maximum Gasteiger partial charge on any atom is 0.194 e. The van der Waals surface area contributed by atoms with E-state index in [1.54, 1.807) is 12.1 Å². The van der Waals surface area contributed by atoms with Gasteiger partial charge in [0.25, 0.3) is 0 Å². The Labute approximate surface area is 162 Å². The van der Waals surface area contributed by atoms with Gasteiger partial charge >= 0.3 is 0 Å². The molecular formula is C23H23F5. The van der Waals surface area contributed by atoms with E-state index in [-0.39, 0.29) is 5.56 Å². The Morgan fingerprint density at radius 3 is 2.00 bits per heavy atom. The van der Waals surface area contributed by atoms with Crippen molar-refractivity contribution in [1.82, 2.24) is 0 Å². The predicted molar refractivity (Wildman–Crippen MR) is 101 cm³/mol. The van der Waals surface area contributed by atoms with E-state index >= 15 is 0 Å². The number of hydrogen-bond donors (Lipinski definition) is 0. The van der Waals surface area contributed by atoms with Gasteiger partial charge in [-0.25, -0.2) is 22.0 Å². The highest BCUT2D eigenvalue weighted by Gasteiger charge is 2.23. The van der Waals surface area contributed by atoms with Crippen molar-refractivity contribution in [2.45, 2.75) is 51.4 Å². The van der Waals surface area contributed by atoms with Crippen LogP contribution in [0.15, 0.2) is 42.2 Å². The number of aryl methyl sites for hydroxylation is 1. The predicted octanol–water partition coefficient (Wildman–Crippen LogP) is 7.64. The van der Waals surface area contributed by atoms with E-state index in [2.05, 4.69) is 0 Å². The second-order valence-electron chi connectivity index (χ2n) is 7.60. The van der Waals surface area contributed by atoms with Crippen LogP contribution in [0.5, 0.6) is 0 Å². The summed E-state index contributed by atoms with van der Waals surface area (Å²) in [5.74, 6) is -4.52. The molecule has 0 N–H and O–H groups in total. The molecular weight excluding hydrogens is 371 g/mol. The molecule has 0 nitrogen and oxygen atoms in total. The van der Waals surface area contributed by atoms with E-state index in [1.807, 2.05) is 12.1 Å². The van der Waals surface area contributed by atoms with E-state index in [4.69, 9.17) is 0 Å². The summed E-state index contributed by atoms with van der Waals surface area (Å²) >= 11 is 0. The van der Waals surface area contributed by atoms with E-state index in [9.17, 15) is 22.0 Å². The van der Waals surface area contributed by atoms with Crippen LogP contribution in [0.4, 0.5) is 22.0 Å². The molecule has 5 heteroatoms. The minimum absolute atomic E-state index is 0.246. The van der Waals surface area contributed by atoms with Gasteiger partial charge in [-0.05, 0) is 80.5 Å². The third kappa shape index (κ3) is 4.81. The molecule has 28 heavy (non-hydrogen) atoms. The molecule has 3 rings (SSSR count). The molecule has 0 spiro atoms. The van der Waals surface area contributed by atoms with Crippen LogP contribution in [0, 0.1) is 23.4 Å². The molecule has 0 bridgehead atoms. The zero-order chi connectivity index (χ0) is 20.3. The quantitative estimate of drug-likeness (QED) is 0.361. The normalized spacial score (nSPS) is 20.8. The molecule has 1 aliphatic carbocycles. The van der Waals surface area contributed by atoms with E-state index in [1.165, 1.54) is 0 Å². The van der Waals surface area contributed by atoms with Gasteiger partial charge in [-0.3, -0.25) is 0 Å². The van der Waals surface area contributed by atoms with Crippen molar-refractivity contribution in [1.29, 1.82) is 0 Å². The molecule has 0 heterocycles. The first kappa shape index (κ1) is 20.6. The average molecular weight is 394 g/mol. The van der Waals surface area contributed by atoms with Crippen LogP contribution in [0.25, 0.3) is 5.83 Å². The number of hydrogen-bond acceptors (Lipinski definition) is 0. The maximum absolute atomic E-state index is 13.6. The Morgan fingerprint density at radius 1 is 0.893 bits per heavy atom. The molecule has 1 aliphatic rings. The lowest BCUT2D eigenvalue weighted by molar-refractivity contribution is 0.310. The zero-order valence-corrected chi connectivity index (χ0v) is 15.8. The molecule has 1 fully saturated rings. The highest BCUT2D eigenvalue weighted by molar-refractivity contribution is 5.60. The summed E-state index contributed by atoms with van der Waals surface area (Å²) in [6.45, 7) is 1.10. The van der Waals surface area contributed by atoms with Crippen molar-refractivity contribution >= 4 is 5.83 Å². The average Bonchev–Trinajstić information content (AvgIpc) is 2.70. The highest BCUT2D eigenvalue weighted by Crippen LogP contribution is 2.38. The zero-order valence-electron chi connectivity index (χ0n) is 15.8. The Kier molecular flexibility index (Phi) is 6.53. The minimum Gasteiger partial charge on any atom is -0.209 e. The summed E-state index contributed by atoms with van der Waals surface area (Å²) in [4.78, 5) is 0. The number of allylic oxidation sites excluding steroid dienone is 1. The lowest BCUT2D eigenvalue weighted by atomic mass is 9.77. The lowest BCUT2D eigenvalue weighted by Gasteiger charge is -2.29. The Morgan fingerprint density at radius 2 is 1.46 bits per heavy atom. The van der Waals surface area contributed by atoms with Crippen molar-refractivity contribution in [2.75, 3.05) is 0 Å². The van der Waals surface area contributed by atoms with Crippen molar-refractivity contribution < 1.29 is 22.0 Å². The lowest BCUT2D eigenvalue weighted by Crippen LogP contribution is -2.14. The first-order chi connectivity index (χ1) is 13.3. The Bertz CT molecular complexity index is 819. The highest BCUT2D eigenvalue weighted by atomic mass is 19.2. The Balaban J connectivity index is 1.53. The number of rotatable bonds is 5. The van der Waals surface area contributed by atoms with Crippen LogP contribution in [-0.2, 0) is 6.42 Å². The topological polar surface area (TPSA) is 0 Å². The van der Waals surface area contributed by atoms with Crippen LogP contribution in [0.1, 0.15) is 61.6 Å². The SMILES string of the molecule is C/C(F)=C(\F)c1ccc(C2CCC(CCc3cc(F)c(F)c(F)c3)CC2)cc1. The standard InChI is InChI=1S/C23H23F5/c1-14(24)22(27)19-10-8-18(9-11-19)17-6-4-15(5-7-17)2-3-16-12-20(25)23(28)21(26)13-16/h8-13,15,17H,2-7H2,1H3/b22-14+. The molecule has 0 aromatic heterocycles. The molecule has 0 aliphatic heterocycles. The molecule has 150 valence electrons. The van der Waals surface area contributed by atoms with Gasteiger partial charge in [0, 0.05) is 5.56 Å². The fourth-order valence-electron chi connectivity index (χ4n) is 4.01. The smallest absolute Gasteiger partial charge is 0.194 e. The summed E-state index contributed by atoms with van der Waals surface area (Å²) < 4.78 is 66.2. The van der Waals surface area contributed by atoms with E-state index in [0.717, 1.165) is 56.7 Å². The van der Waals surface area contributed by atoms with Crippen LogP contribution in [0.2, 0.25) is 0 Å². The van der Waals surface area contributed by atoms with Crippen LogP contribution < -0.4 is 0 Å². The van der Waals surface area contributed by atoms with Gasteiger partial charge < -0.3 is 0 Å². The van der Waals surface area contributed by atoms with Crippen molar-refractivity contribution in [3.8, 4) is 0 Å². The first-order valence-electron chi connectivity index (χ1n) is 9.60. The van der Waals surface area contributed by atoms with Crippen LogP contribution in [-0.4, -0.2) is 0 Å². The molecule has 1 saturated carbocycles. The Hall–Kier alpha value is -2.17. The van der Waals surface area contributed by atoms with Crippen molar-refractivity contribution in [3.05, 3.63) is 76.4 Å². The van der Waals surface area contributed by atoms with Gasteiger partial charge in [0.05, 0.1) is 0 Å². The number of benzene rings is 2. The summed E-state index contributed by atoms with van der Waals surface area (Å²) in [6, 6.07) is 9.06. The number of halogens is 5. The van der Waals surface area contributed by atoms with E-state index in [0.29, 0.717) is 23.8 Å². The summed E-state index contributed by atoms with van der Waals surface area (Å²) in [7, 11) is 0. The van der Waals surface area contributed by atoms with Crippen LogP contribution >= 0.6 is 0 Å². The minimum atomic E-state index is -1.42. The second kappa shape index (κ2) is 8.89. The van der Waals surface area contributed by atoms with Crippen LogP contribution in [0.3, 0.4) is 0 Å². The van der Waals surface area contributed by atoms with Gasteiger partial charge in [0.1, 0.15) is 5.83 Å². The maximum atomic E-state index is 13.6. The largest absolute Gasteiger partial charge is 0.209 e. The van der Waals surface area contributed by atoms with Crippen molar-refractivity contribution in [2.24, 2.45) is 5.92 Å². The third-order valence-electron chi connectivity index (χ3n) is 5.67. The third-order valence-corrected chi connectivity index (χ3v) is 5.67. The second-order valence-corrected chi connectivity index (χ2v) is 7.60.